The highest BCUT2D eigenvalue weighted by Gasteiger charge is 2.09. The maximum atomic E-state index is 5.71. The van der Waals surface area contributed by atoms with E-state index in [4.69, 9.17) is 10.2 Å². The second-order valence-electron chi connectivity index (χ2n) is 4.13. The molecule has 16 heavy (non-hydrogen) atoms. The first-order valence-electron chi connectivity index (χ1n) is 5.43. The quantitative estimate of drug-likeness (QED) is 0.857. The van der Waals surface area contributed by atoms with E-state index in [0.29, 0.717) is 5.89 Å². The van der Waals surface area contributed by atoms with E-state index in [2.05, 4.69) is 4.98 Å². The summed E-state index contributed by atoms with van der Waals surface area (Å²) in [5.41, 5.74) is 7.92. The molecule has 0 aliphatic heterocycles. The van der Waals surface area contributed by atoms with Gasteiger partial charge in [0.1, 0.15) is 5.76 Å². The minimum absolute atomic E-state index is 0.0951. The highest BCUT2D eigenvalue weighted by molar-refractivity contribution is 5.57. The number of nitrogens with zero attached hydrogens (tertiary/aromatic N) is 1. The molecule has 1 aromatic heterocycles. The molecular formula is C13H16N2O. The summed E-state index contributed by atoms with van der Waals surface area (Å²) < 4.78 is 5.67. The summed E-state index contributed by atoms with van der Waals surface area (Å²) in [7, 11) is 0. The number of aryl methyl sites for hydroxylation is 1. The molecule has 0 bridgehead atoms. The Bertz CT molecular complexity index is 474. The van der Waals surface area contributed by atoms with Crippen LogP contribution in [0.3, 0.4) is 0 Å². The summed E-state index contributed by atoms with van der Waals surface area (Å²) in [6.45, 7) is 4.00. The second-order valence-corrected chi connectivity index (χ2v) is 4.13. The molecule has 0 saturated carbocycles. The molecule has 0 aliphatic rings. The van der Waals surface area contributed by atoms with E-state index >= 15 is 0 Å². The largest absolute Gasteiger partial charge is 0.441 e. The Kier molecular flexibility index (Phi) is 3.06. The highest BCUT2D eigenvalue weighted by Crippen LogP contribution is 2.22. The first kappa shape index (κ1) is 10.9. The maximum Gasteiger partial charge on any atom is 0.226 e. The molecule has 0 amide bonds. The molecule has 1 heterocycles. The third-order valence-corrected chi connectivity index (χ3v) is 2.45. The zero-order chi connectivity index (χ0) is 11.5. The van der Waals surface area contributed by atoms with Crippen molar-refractivity contribution in [1.82, 2.24) is 4.98 Å². The zero-order valence-corrected chi connectivity index (χ0v) is 9.60. The van der Waals surface area contributed by atoms with Crippen LogP contribution in [0, 0.1) is 6.92 Å². The molecule has 0 fully saturated rings. The van der Waals surface area contributed by atoms with Crippen LogP contribution in [-0.4, -0.2) is 11.0 Å². The van der Waals surface area contributed by atoms with Crippen LogP contribution in [0.5, 0.6) is 0 Å². The molecular weight excluding hydrogens is 200 g/mol. The smallest absolute Gasteiger partial charge is 0.226 e. The summed E-state index contributed by atoms with van der Waals surface area (Å²) in [4.78, 5) is 4.28. The monoisotopic (exact) mass is 216 g/mol. The minimum atomic E-state index is 0.0951. The molecule has 84 valence electrons. The van der Waals surface area contributed by atoms with Crippen molar-refractivity contribution in [2.24, 2.45) is 5.73 Å². The van der Waals surface area contributed by atoms with Gasteiger partial charge < -0.3 is 10.2 Å². The summed E-state index contributed by atoms with van der Waals surface area (Å²) >= 11 is 0. The van der Waals surface area contributed by atoms with E-state index in [1.165, 1.54) is 0 Å². The average Bonchev–Trinajstić information content (AvgIpc) is 2.66. The fourth-order valence-electron chi connectivity index (χ4n) is 1.66. The van der Waals surface area contributed by atoms with Gasteiger partial charge in [0.05, 0.1) is 6.20 Å². The summed E-state index contributed by atoms with van der Waals surface area (Å²) in [5, 5.41) is 0. The van der Waals surface area contributed by atoms with Crippen LogP contribution in [-0.2, 0) is 6.42 Å². The van der Waals surface area contributed by atoms with E-state index in [-0.39, 0.29) is 6.04 Å². The molecule has 3 nitrogen and oxygen atoms in total. The molecule has 0 radical (unpaired) electrons. The van der Waals surface area contributed by atoms with Crippen molar-refractivity contribution >= 4 is 0 Å². The number of oxazole rings is 1. The Labute approximate surface area is 95.3 Å². The Hall–Kier alpha value is -1.61. The summed E-state index contributed by atoms with van der Waals surface area (Å²) in [6.07, 6.45) is 2.48. The number of hydrogen-bond donors (Lipinski definition) is 1. The lowest BCUT2D eigenvalue weighted by Gasteiger charge is -2.01. The fraction of sp³-hybridized carbons (Fsp3) is 0.308. The van der Waals surface area contributed by atoms with Crippen LogP contribution < -0.4 is 5.73 Å². The normalized spacial score (nSPS) is 12.7. The highest BCUT2D eigenvalue weighted by atomic mass is 16.4. The van der Waals surface area contributed by atoms with Gasteiger partial charge in [0.15, 0.2) is 0 Å². The van der Waals surface area contributed by atoms with Crippen molar-refractivity contribution in [2.75, 3.05) is 0 Å². The van der Waals surface area contributed by atoms with E-state index in [9.17, 15) is 0 Å². The van der Waals surface area contributed by atoms with Crippen LogP contribution in [0.25, 0.3) is 11.5 Å². The first-order chi connectivity index (χ1) is 7.66. The third-order valence-electron chi connectivity index (χ3n) is 2.45. The van der Waals surface area contributed by atoms with Crippen molar-refractivity contribution in [1.29, 1.82) is 0 Å². The maximum absolute atomic E-state index is 5.71. The molecule has 0 aliphatic carbocycles. The van der Waals surface area contributed by atoms with Crippen LogP contribution in [0.1, 0.15) is 18.2 Å². The van der Waals surface area contributed by atoms with E-state index in [1.807, 2.05) is 38.1 Å². The van der Waals surface area contributed by atoms with Crippen LogP contribution in [0.2, 0.25) is 0 Å². The predicted molar refractivity (Wildman–Crippen MR) is 64.0 cm³/mol. The average molecular weight is 216 g/mol. The molecule has 1 aromatic carbocycles. The first-order valence-corrected chi connectivity index (χ1v) is 5.43. The minimum Gasteiger partial charge on any atom is -0.441 e. The van der Waals surface area contributed by atoms with E-state index in [1.54, 1.807) is 6.20 Å². The van der Waals surface area contributed by atoms with Gasteiger partial charge >= 0.3 is 0 Å². The van der Waals surface area contributed by atoms with Crippen LogP contribution >= 0.6 is 0 Å². The lowest BCUT2D eigenvalue weighted by Crippen LogP contribution is -2.17. The fourth-order valence-corrected chi connectivity index (χ4v) is 1.66. The number of aromatic nitrogens is 1. The molecule has 0 spiro atoms. The van der Waals surface area contributed by atoms with Gasteiger partial charge in [-0.05, 0) is 25.5 Å². The Morgan fingerprint density at radius 3 is 2.81 bits per heavy atom. The van der Waals surface area contributed by atoms with Crippen molar-refractivity contribution in [3.63, 3.8) is 0 Å². The van der Waals surface area contributed by atoms with Crippen molar-refractivity contribution < 1.29 is 4.42 Å². The van der Waals surface area contributed by atoms with Gasteiger partial charge in [0.2, 0.25) is 5.89 Å². The number of nitrogens with two attached hydrogens (primary N) is 1. The standard InChI is InChI=1S/C13H16N2O/c1-9-5-3-4-6-12(9)13-15-8-11(16-13)7-10(2)14/h3-6,8,10H,7,14H2,1-2H3. The van der Waals surface area contributed by atoms with Crippen LogP contribution in [0.4, 0.5) is 0 Å². The Morgan fingerprint density at radius 2 is 2.12 bits per heavy atom. The third kappa shape index (κ3) is 2.31. The lowest BCUT2D eigenvalue weighted by atomic mass is 10.1. The van der Waals surface area contributed by atoms with Crippen molar-refractivity contribution in [3.8, 4) is 11.5 Å². The predicted octanol–water partition coefficient (Wildman–Crippen LogP) is 2.54. The van der Waals surface area contributed by atoms with Gasteiger partial charge in [-0.2, -0.15) is 0 Å². The SMILES string of the molecule is Cc1ccccc1-c1ncc(CC(C)N)o1. The molecule has 0 saturated heterocycles. The molecule has 1 unspecified atom stereocenters. The van der Waals surface area contributed by atoms with Gasteiger partial charge in [0.25, 0.3) is 0 Å². The number of hydrogen-bond acceptors (Lipinski definition) is 3. The molecule has 2 aromatic rings. The number of rotatable bonds is 3. The van der Waals surface area contributed by atoms with E-state index in [0.717, 1.165) is 23.3 Å². The van der Waals surface area contributed by atoms with Gasteiger partial charge in [-0.15, -0.1) is 0 Å². The number of benzene rings is 1. The Balaban J connectivity index is 2.28. The summed E-state index contributed by atoms with van der Waals surface area (Å²) in [6, 6.07) is 8.14. The van der Waals surface area contributed by atoms with Gasteiger partial charge in [0, 0.05) is 18.0 Å². The molecule has 1 atom stereocenters. The van der Waals surface area contributed by atoms with Gasteiger partial charge in [-0.3, -0.25) is 0 Å². The molecule has 2 rings (SSSR count). The van der Waals surface area contributed by atoms with Crippen LogP contribution in [0.15, 0.2) is 34.9 Å². The second kappa shape index (κ2) is 4.49. The zero-order valence-electron chi connectivity index (χ0n) is 9.60. The van der Waals surface area contributed by atoms with Crippen molar-refractivity contribution in [3.05, 3.63) is 41.8 Å². The van der Waals surface area contributed by atoms with Gasteiger partial charge in [-0.25, -0.2) is 4.98 Å². The topological polar surface area (TPSA) is 52.0 Å². The molecule has 2 N–H and O–H groups in total. The summed E-state index contributed by atoms with van der Waals surface area (Å²) in [5.74, 6) is 1.52. The molecule has 3 heteroatoms. The Morgan fingerprint density at radius 1 is 1.38 bits per heavy atom. The van der Waals surface area contributed by atoms with Gasteiger partial charge in [-0.1, -0.05) is 18.2 Å². The lowest BCUT2D eigenvalue weighted by molar-refractivity contribution is 0.499. The van der Waals surface area contributed by atoms with E-state index < -0.39 is 0 Å². The van der Waals surface area contributed by atoms with Crippen molar-refractivity contribution in [2.45, 2.75) is 26.3 Å².